The number of carbonyl (C=O) groups excluding carboxylic acids is 1. The first-order valence-corrected chi connectivity index (χ1v) is 4.55. The summed E-state index contributed by atoms with van der Waals surface area (Å²) in [6.45, 7) is 2.07. The van der Waals surface area contributed by atoms with E-state index in [9.17, 15) is 4.79 Å². The van der Waals surface area contributed by atoms with Crippen LogP contribution in [-0.2, 0) is 4.74 Å². The minimum Gasteiger partial charge on any atom is -0.462 e. The summed E-state index contributed by atoms with van der Waals surface area (Å²) in [6.07, 6.45) is 1.47. The van der Waals surface area contributed by atoms with Gasteiger partial charge in [-0.15, -0.1) is 0 Å². The third-order valence-electron chi connectivity index (χ3n) is 1.63. The zero-order valence-corrected chi connectivity index (χ0v) is 11.6. The second-order valence-corrected chi connectivity index (χ2v) is 2.66. The molecule has 1 aromatic carbocycles. The largest absolute Gasteiger partial charge is 1.00 e. The molecule has 0 unspecified atom stereocenters. The number of benzene rings is 1. The van der Waals surface area contributed by atoms with Gasteiger partial charge < -0.3 is 10.00 Å². The maximum absolute atomic E-state index is 11.3. The Morgan fingerprint density at radius 1 is 1.47 bits per heavy atom. The normalized spacial score (nSPS) is 9.18. The Morgan fingerprint density at radius 3 is 2.65 bits per heavy atom. The Kier molecular flexibility index (Phi) is 7.97. The Bertz CT molecular complexity index is 425. The summed E-state index contributed by atoms with van der Waals surface area (Å²) >= 11 is 0. The van der Waals surface area contributed by atoms with E-state index in [0.717, 1.165) is 0 Å². The Labute approximate surface area is 121 Å². The van der Waals surface area contributed by atoms with Gasteiger partial charge in [0.2, 0.25) is 0 Å². The summed E-state index contributed by atoms with van der Waals surface area (Å²) in [7, 11) is 0. The zero-order valence-electron chi connectivity index (χ0n) is 9.62. The molecular weight excluding hydrogens is 231 g/mol. The van der Waals surface area contributed by atoms with E-state index in [1.165, 1.54) is 6.19 Å². The van der Waals surface area contributed by atoms with E-state index in [1.807, 2.05) is 0 Å². The second-order valence-electron chi connectivity index (χ2n) is 2.66. The third-order valence-corrected chi connectivity index (χ3v) is 1.63. The van der Waals surface area contributed by atoms with Crippen molar-refractivity contribution in [2.45, 2.75) is 6.92 Å². The molecule has 0 spiro atoms. The monoisotopic (exact) mass is 240 g/mol. The molecule has 0 fully saturated rings. The Balaban J connectivity index is 0.00000256. The summed E-state index contributed by atoms with van der Waals surface area (Å²) in [5, 5.41) is 15.0. The number of nitriles is 1. The summed E-state index contributed by atoms with van der Waals surface area (Å²) < 4.78 is 4.81. The van der Waals surface area contributed by atoms with E-state index in [1.54, 1.807) is 31.2 Å². The maximum Gasteiger partial charge on any atom is 1.00 e. The Hall–Kier alpha value is -1.42. The van der Waals surface area contributed by atoms with E-state index < -0.39 is 0 Å². The molecule has 0 aliphatic heterocycles. The third kappa shape index (κ3) is 5.45. The van der Waals surface area contributed by atoms with Crippen LogP contribution in [0.5, 0.6) is 0 Å². The molecule has 0 heterocycles. The first-order chi connectivity index (χ1) is 7.77. The van der Waals surface area contributed by atoms with Crippen molar-refractivity contribution in [2.75, 3.05) is 6.61 Å². The minimum absolute atomic E-state index is 0. The van der Waals surface area contributed by atoms with Gasteiger partial charge >= 0.3 is 35.5 Å². The van der Waals surface area contributed by atoms with Crippen LogP contribution in [0, 0.1) is 11.5 Å². The van der Waals surface area contributed by atoms with Crippen LogP contribution in [0.15, 0.2) is 34.6 Å². The van der Waals surface area contributed by atoms with Crippen molar-refractivity contribution in [1.82, 2.24) is 0 Å². The molecule has 0 aliphatic carbocycles. The number of hydrogen-bond acceptors (Lipinski definition) is 5. The van der Waals surface area contributed by atoms with Crippen LogP contribution >= 0.6 is 0 Å². The first-order valence-electron chi connectivity index (χ1n) is 4.55. The van der Waals surface area contributed by atoms with E-state index in [0.29, 0.717) is 17.9 Å². The fraction of sp³-hybridized carbons (Fsp3) is 0.200. The minimum atomic E-state index is -0.382. The average molecular weight is 240 g/mol. The van der Waals surface area contributed by atoms with Gasteiger partial charge in [0.1, 0.15) is 0 Å². The van der Waals surface area contributed by atoms with Crippen molar-refractivity contribution in [1.29, 1.82) is 5.26 Å². The molecule has 0 bridgehead atoms. The standard InChI is InChI=1S/C10H10N4O2.Na/c1-2-16-10(15)8-3-5-9(6-4-8)13-14-12-7-11;/h3-6H,2H2,1H3,(H,12,13,15);/q;+1/p-1. The predicted molar refractivity (Wildman–Crippen MR) is 55.9 cm³/mol. The van der Waals surface area contributed by atoms with Gasteiger partial charge in [0.15, 0.2) is 0 Å². The summed E-state index contributed by atoms with van der Waals surface area (Å²) in [4.78, 5) is 11.3. The SMILES string of the molecule is CCOC(=O)c1ccc(N=N[N-]C#N)cc1.[Na+]. The van der Waals surface area contributed by atoms with Crippen molar-refractivity contribution in [3.8, 4) is 6.19 Å². The van der Waals surface area contributed by atoms with Crippen LogP contribution in [0.3, 0.4) is 0 Å². The molecule has 1 aromatic rings. The number of nitrogens with zero attached hydrogens (tertiary/aromatic N) is 4. The van der Waals surface area contributed by atoms with E-state index in [2.05, 4.69) is 15.8 Å². The molecule has 6 nitrogen and oxygen atoms in total. The van der Waals surface area contributed by atoms with Crippen LogP contribution in [0.25, 0.3) is 5.43 Å². The topological polar surface area (TPSA) is 88.9 Å². The molecule has 0 saturated heterocycles. The molecule has 0 aliphatic rings. The molecule has 1 rings (SSSR count). The van der Waals surface area contributed by atoms with Crippen molar-refractivity contribution in [2.24, 2.45) is 10.3 Å². The summed E-state index contributed by atoms with van der Waals surface area (Å²) in [6, 6.07) is 6.31. The van der Waals surface area contributed by atoms with Crippen LogP contribution < -0.4 is 29.6 Å². The van der Waals surface area contributed by atoms with Crippen molar-refractivity contribution in [3.05, 3.63) is 35.3 Å². The number of rotatable bonds is 4. The fourth-order valence-electron chi connectivity index (χ4n) is 0.973. The number of ether oxygens (including phenoxy) is 1. The van der Waals surface area contributed by atoms with Gasteiger partial charge in [0, 0.05) is 11.9 Å². The van der Waals surface area contributed by atoms with Gasteiger partial charge in [-0.25, -0.2) is 10.2 Å². The van der Waals surface area contributed by atoms with Gasteiger partial charge in [-0.05, 0) is 31.2 Å². The quantitative estimate of drug-likeness (QED) is 0.238. The van der Waals surface area contributed by atoms with Crippen molar-refractivity contribution >= 4 is 11.7 Å². The average Bonchev–Trinajstić information content (AvgIpc) is 2.30. The molecule has 0 atom stereocenters. The molecule has 0 saturated carbocycles. The second kappa shape index (κ2) is 8.70. The van der Waals surface area contributed by atoms with Crippen LogP contribution in [-0.4, -0.2) is 12.6 Å². The number of hydrogen-bond donors (Lipinski definition) is 0. The maximum atomic E-state index is 11.3. The van der Waals surface area contributed by atoms with E-state index in [4.69, 9.17) is 10.00 Å². The van der Waals surface area contributed by atoms with Gasteiger partial charge in [0.05, 0.1) is 12.2 Å². The van der Waals surface area contributed by atoms with Crippen molar-refractivity contribution in [3.63, 3.8) is 0 Å². The van der Waals surface area contributed by atoms with Crippen molar-refractivity contribution < 1.29 is 39.1 Å². The molecular formula is C10H9N4NaO2. The van der Waals surface area contributed by atoms with Crippen LogP contribution in [0.4, 0.5) is 5.69 Å². The zero-order chi connectivity index (χ0) is 11.8. The van der Waals surface area contributed by atoms with E-state index in [-0.39, 0.29) is 35.5 Å². The van der Waals surface area contributed by atoms with Crippen LogP contribution in [0.2, 0.25) is 0 Å². The molecule has 0 aromatic heterocycles. The molecule has 17 heavy (non-hydrogen) atoms. The van der Waals surface area contributed by atoms with E-state index >= 15 is 0 Å². The number of carbonyl (C=O) groups is 1. The summed E-state index contributed by atoms with van der Waals surface area (Å²) in [5.41, 5.74) is 3.98. The smallest absolute Gasteiger partial charge is 0.462 e. The van der Waals surface area contributed by atoms with Gasteiger partial charge in [-0.2, -0.15) is 5.22 Å². The molecule has 82 valence electrons. The molecule has 0 radical (unpaired) electrons. The van der Waals surface area contributed by atoms with Crippen LogP contribution in [0.1, 0.15) is 17.3 Å². The van der Waals surface area contributed by atoms with Gasteiger partial charge in [0.25, 0.3) is 0 Å². The number of esters is 1. The van der Waals surface area contributed by atoms with Gasteiger partial charge in [-0.3, -0.25) is 5.11 Å². The molecule has 0 N–H and O–H groups in total. The first kappa shape index (κ1) is 15.6. The Morgan fingerprint density at radius 2 is 2.12 bits per heavy atom. The molecule has 0 amide bonds. The fourth-order valence-corrected chi connectivity index (χ4v) is 0.973. The summed E-state index contributed by atoms with van der Waals surface area (Å²) in [5.74, 6) is -0.382. The predicted octanol–water partition coefficient (Wildman–Crippen LogP) is -0.279. The molecule has 7 heteroatoms. The van der Waals surface area contributed by atoms with Gasteiger partial charge in [-0.1, -0.05) is 0 Å².